The SMILES string of the molecule is CC1CCCCN1C1CCCCC1=O. The van der Waals surface area contributed by atoms with Gasteiger partial charge >= 0.3 is 0 Å². The van der Waals surface area contributed by atoms with Crippen LogP contribution in [-0.4, -0.2) is 29.3 Å². The van der Waals surface area contributed by atoms with E-state index < -0.39 is 0 Å². The molecule has 2 heteroatoms. The minimum Gasteiger partial charge on any atom is -0.298 e. The van der Waals surface area contributed by atoms with Gasteiger partial charge in [0.25, 0.3) is 0 Å². The molecule has 80 valence electrons. The van der Waals surface area contributed by atoms with Gasteiger partial charge in [-0.2, -0.15) is 0 Å². The lowest BCUT2D eigenvalue weighted by molar-refractivity contribution is -0.127. The Balaban J connectivity index is 2.00. The Hall–Kier alpha value is -0.370. The lowest BCUT2D eigenvalue weighted by atomic mass is 9.90. The number of carbonyl (C=O) groups is 1. The molecule has 2 nitrogen and oxygen atoms in total. The van der Waals surface area contributed by atoms with E-state index in [1.165, 1.54) is 25.7 Å². The van der Waals surface area contributed by atoms with E-state index in [1.54, 1.807) is 0 Å². The van der Waals surface area contributed by atoms with E-state index in [2.05, 4.69) is 11.8 Å². The molecule has 1 heterocycles. The van der Waals surface area contributed by atoms with Gasteiger partial charge in [0, 0.05) is 12.5 Å². The number of Topliss-reactive ketones (excluding diaryl/α,β-unsaturated/α-hetero) is 1. The quantitative estimate of drug-likeness (QED) is 0.640. The second kappa shape index (κ2) is 4.43. The number of piperidine rings is 1. The van der Waals surface area contributed by atoms with Crippen LogP contribution >= 0.6 is 0 Å². The summed E-state index contributed by atoms with van der Waals surface area (Å²) < 4.78 is 0. The van der Waals surface area contributed by atoms with Gasteiger partial charge in [-0.05, 0) is 39.2 Å². The highest BCUT2D eigenvalue weighted by Gasteiger charge is 2.31. The van der Waals surface area contributed by atoms with Crippen LogP contribution in [-0.2, 0) is 4.79 Å². The van der Waals surface area contributed by atoms with Crippen LogP contribution in [0.4, 0.5) is 0 Å². The summed E-state index contributed by atoms with van der Waals surface area (Å²) in [6.07, 6.45) is 8.23. The van der Waals surface area contributed by atoms with Crippen LogP contribution in [0.3, 0.4) is 0 Å². The normalized spacial score (nSPS) is 35.9. The molecule has 2 aliphatic rings. The van der Waals surface area contributed by atoms with Gasteiger partial charge in [-0.15, -0.1) is 0 Å². The van der Waals surface area contributed by atoms with E-state index in [1.807, 2.05) is 0 Å². The van der Waals surface area contributed by atoms with Crippen molar-refractivity contribution in [3.63, 3.8) is 0 Å². The maximum atomic E-state index is 11.8. The number of carbonyl (C=O) groups excluding carboxylic acids is 1. The van der Waals surface area contributed by atoms with Gasteiger partial charge in [0.2, 0.25) is 0 Å². The lowest BCUT2D eigenvalue weighted by Gasteiger charge is -2.40. The molecule has 14 heavy (non-hydrogen) atoms. The first-order valence-electron chi connectivity index (χ1n) is 6.07. The fourth-order valence-electron chi connectivity index (χ4n) is 2.90. The molecule has 0 amide bonds. The van der Waals surface area contributed by atoms with Crippen molar-refractivity contribution in [2.75, 3.05) is 6.54 Å². The fourth-order valence-corrected chi connectivity index (χ4v) is 2.90. The van der Waals surface area contributed by atoms with Gasteiger partial charge in [0.15, 0.2) is 0 Å². The van der Waals surface area contributed by atoms with Crippen LogP contribution in [0.15, 0.2) is 0 Å². The highest BCUT2D eigenvalue weighted by atomic mass is 16.1. The molecule has 0 aromatic carbocycles. The summed E-state index contributed by atoms with van der Waals surface area (Å²) in [6.45, 7) is 3.43. The van der Waals surface area contributed by atoms with Crippen LogP contribution in [0.1, 0.15) is 51.9 Å². The molecule has 1 aliphatic heterocycles. The summed E-state index contributed by atoms with van der Waals surface area (Å²) in [6, 6.07) is 0.912. The van der Waals surface area contributed by atoms with Crippen molar-refractivity contribution in [3.8, 4) is 0 Å². The van der Waals surface area contributed by atoms with Crippen molar-refractivity contribution in [3.05, 3.63) is 0 Å². The third kappa shape index (κ3) is 2.00. The fraction of sp³-hybridized carbons (Fsp3) is 0.917. The predicted molar refractivity (Wildman–Crippen MR) is 57.3 cm³/mol. The molecule has 2 unspecified atom stereocenters. The van der Waals surface area contributed by atoms with Crippen LogP contribution in [0.25, 0.3) is 0 Å². The first-order valence-corrected chi connectivity index (χ1v) is 6.07. The summed E-state index contributed by atoms with van der Waals surface area (Å²) in [7, 11) is 0. The molecular weight excluding hydrogens is 174 g/mol. The average Bonchev–Trinajstić information content (AvgIpc) is 2.20. The number of hydrogen-bond acceptors (Lipinski definition) is 2. The summed E-state index contributed by atoms with van der Waals surface area (Å²) in [5.74, 6) is 0.505. The largest absolute Gasteiger partial charge is 0.298 e. The lowest BCUT2D eigenvalue weighted by Crippen LogP contribution is -2.49. The molecule has 0 bridgehead atoms. The summed E-state index contributed by atoms with van der Waals surface area (Å²) in [5.41, 5.74) is 0. The molecule has 1 saturated heterocycles. The second-order valence-electron chi connectivity index (χ2n) is 4.81. The number of nitrogens with zero attached hydrogens (tertiary/aromatic N) is 1. The minimum absolute atomic E-state index is 0.277. The Bertz CT molecular complexity index is 214. The van der Waals surface area contributed by atoms with Crippen molar-refractivity contribution in [1.29, 1.82) is 0 Å². The Morgan fingerprint density at radius 1 is 1.14 bits per heavy atom. The summed E-state index contributed by atoms with van der Waals surface area (Å²) in [5, 5.41) is 0. The third-order valence-electron chi connectivity index (χ3n) is 3.78. The van der Waals surface area contributed by atoms with Crippen LogP contribution < -0.4 is 0 Å². The van der Waals surface area contributed by atoms with Crippen molar-refractivity contribution in [1.82, 2.24) is 4.90 Å². The maximum Gasteiger partial charge on any atom is 0.149 e. The van der Waals surface area contributed by atoms with E-state index in [-0.39, 0.29) is 6.04 Å². The van der Waals surface area contributed by atoms with Gasteiger partial charge in [-0.1, -0.05) is 12.8 Å². The molecule has 1 saturated carbocycles. The van der Waals surface area contributed by atoms with E-state index >= 15 is 0 Å². The average molecular weight is 195 g/mol. The molecule has 1 aliphatic carbocycles. The number of likely N-dealkylation sites (tertiary alicyclic amines) is 1. The predicted octanol–water partition coefficient (Wildman–Crippen LogP) is 2.37. The van der Waals surface area contributed by atoms with Crippen molar-refractivity contribution >= 4 is 5.78 Å². The summed E-state index contributed by atoms with van der Waals surface area (Å²) in [4.78, 5) is 14.3. The number of rotatable bonds is 1. The zero-order valence-corrected chi connectivity index (χ0v) is 9.17. The molecule has 2 fully saturated rings. The molecule has 2 rings (SSSR count). The Morgan fingerprint density at radius 3 is 2.64 bits per heavy atom. The summed E-state index contributed by atoms with van der Waals surface area (Å²) >= 11 is 0. The highest BCUT2D eigenvalue weighted by Crippen LogP contribution is 2.26. The molecule has 0 radical (unpaired) electrons. The van der Waals surface area contributed by atoms with Crippen molar-refractivity contribution < 1.29 is 4.79 Å². The Kier molecular flexibility index (Phi) is 3.22. The molecule has 0 N–H and O–H groups in total. The van der Waals surface area contributed by atoms with E-state index in [9.17, 15) is 4.79 Å². The second-order valence-corrected chi connectivity index (χ2v) is 4.81. The minimum atomic E-state index is 0.277. The standard InChI is InChI=1S/C12H21NO/c1-10-6-4-5-9-13(10)11-7-2-3-8-12(11)14/h10-11H,2-9H2,1H3. The highest BCUT2D eigenvalue weighted by molar-refractivity contribution is 5.84. The topological polar surface area (TPSA) is 20.3 Å². The smallest absolute Gasteiger partial charge is 0.149 e. The maximum absolute atomic E-state index is 11.8. The van der Waals surface area contributed by atoms with Gasteiger partial charge in [0.1, 0.15) is 5.78 Å². The monoisotopic (exact) mass is 195 g/mol. The van der Waals surface area contributed by atoms with E-state index in [0.717, 1.165) is 25.8 Å². The first-order chi connectivity index (χ1) is 6.79. The zero-order valence-electron chi connectivity index (χ0n) is 9.17. The number of hydrogen-bond donors (Lipinski definition) is 0. The van der Waals surface area contributed by atoms with E-state index in [0.29, 0.717) is 11.8 Å². The van der Waals surface area contributed by atoms with Crippen LogP contribution in [0, 0.1) is 0 Å². The molecule has 0 aromatic heterocycles. The van der Waals surface area contributed by atoms with Crippen LogP contribution in [0.2, 0.25) is 0 Å². The van der Waals surface area contributed by atoms with Gasteiger partial charge in [0.05, 0.1) is 6.04 Å². The van der Waals surface area contributed by atoms with Crippen molar-refractivity contribution in [2.45, 2.75) is 64.0 Å². The molecule has 2 atom stereocenters. The third-order valence-corrected chi connectivity index (χ3v) is 3.78. The molecule has 0 aromatic rings. The Labute approximate surface area is 86.7 Å². The first kappa shape index (κ1) is 10.2. The van der Waals surface area contributed by atoms with Crippen LogP contribution in [0.5, 0.6) is 0 Å². The van der Waals surface area contributed by atoms with Gasteiger partial charge in [-0.25, -0.2) is 0 Å². The van der Waals surface area contributed by atoms with Gasteiger partial charge in [-0.3, -0.25) is 9.69 Å². The van der Waals surface area contributed by atoms with E-state index in [4.69, 9.17) is 0 Å². The van der Waals surface area contributed by atoms with Gasteiger partial charge < -0.3 is 0 Å². The molecule has 0 spiro atoms. The van der Waals surface area contributed by atoms with Crippen molar-refractivity contribution in [2.24, 2.45) is 0 Å². The number of ketones is 1. The Morgan fingerprint density at radius 2 is 1.93 bits per heavy atom. The zero-order chi connectivity index (χ0) is 9.97. The molecular formula is C12H21NO.